The number of unbranched alkanes of at least 4 members (excludes halogenated alkanes) is 1. The number of rotatable bonds is 4. The molecule has 0 saturated carbocycles. The maximum Gasteiger partial charge on any atom is 0.345 e. The third kappa shape index (κ3) is 2.36. The summed E-state index contributed by atoms with van der Waals surface area (Å²) in [5.41, 5.74) is -0.868. The van der Waals surface area contributed by atoms with Gasteiger partial charge in [-0.2, -0.15) is 0 Å². The van der Waals surface area contributed by atoms with Crippen LogP contribution in [0.4, 0.5) is 0 Å². The number of aromatic hydroxyl groups is 1. The summed E-state index contributed by atoms with van der Waals surface area (Å²) < 4.78 is 1.36. The van der Waals surface area contributed by atoms with Gasteiger partial charge in [-0.15, -0.1) is 0 Å². The first-order chi connectivity index (χ1) is 9.47. The number of aromatic nitrogens is 1. The van der Waals surface area contributed by atoms with Crippen LogP contribution in [0.3, 0.4) is 0 Å². The maximum atomic E-state index is 12.2. The fourth-order valence-corrected chi connectivity index (χ4v) is 2.31. The minimum atomic E-state index is -1.44. The van der Waals surface area contributed by atoms with E-state index in [-0.39, 0.29) is 0 Å². The number of benzene rings is 1. The zero-order chi connectivity index (χ0) is 14.9. The molecule has 0 radical (unpaired) electrons. The second kappa shape index (κ2) is 5.54. The highest BCUT2D eigenvalue weighted by Crippen LogP contribution is 2.28. The van der Waals surface area contributed by atoms with Crippen molar-refractivity contribution in [3.05, 3.63) is 39.1 Å². The quantitative estimate of drug-likeness (QED) is 0.909. The Hall–Kier alpha value is -2.01. The molecule has 2 rings (SSSR count). The van der Waals surface area contributed by atoms with Crippen LogP contribution in [0.25, 0.3) is 10.9 Å². The van der Waals surface area contributed by atoms with Gasteiger partial charge in [0, 0.05) is 17.0 Å². The second-order valence-corrected chi connectivity index (χ2v) is 4.94. The predicted molar refractivity (Wildman–Crippen MR) is 76.8 cm³/mol. The zero-order valence-electron chi connectivity index (χ0n) is 10.9. The van der Waals surface area contributed by atoms with E-state index in [1.807, 2.05) is 6.92 Å². The molecule has 0 aliphatic carbocycles. The first-order valence-electron chi connectivity index (χ1n) is 6.25. The summed E-state index contributed by atoms with van der Waals surface area (Å²) >= 11 is 5.92. The molecule has 0 fully saturated rings. The first kappa shape index (κ1) is 14.4. The van der Waals surface area contributed by atoms with Crippen LogP contribution in [-0.4, -0.2) is 20.7 Å². The number of hydrogen-bond acceptors (Lipinski definition) is 3. The fraction of sp³-hybridized carbons (Fsp3) is 0.286. The largest absolute Gasteiger partial charge is 0.506 e. The molecule has 0 aliphatic rings. The Balaban J connectivity index is 2.88. The predicted octanol–water partition coefficient (Wildman–Crippen LogP) is 2.86. The second-order valence-electron chi connectivity index (χ2n) is 4.50. The molecule has 6 heteroatoms. The van der Waals surface area contributed by atoms with Crippen LogP contribution in [0.1, 0.15) is 30.1 Å². The number of hydrogen-bond donors (Lipinski definition) is 2. The average Bonchev–Trinajstić information content (AvgIpc) is 2.38. The van der Waals surface area contributed by atoms with E-state index in [2.05, 4.69) is 0 Å². The van der Waals surface area contributed by atoms with Crippen molar-refractivity contribution in [2.45, 2.75) is 26.3 Å². The number of carboxylic acids is 1. The van der Waals surface area contributed by atoms with Gasteiger partial charge in [0.2, 0.25) is 0 Å². The van der Waals surface area contributed by atoms with E-state index in [4.69, 9.17) is 16.7 Å². The summed E-state index contributed by atoms with van der Waals surface area (Å²) in [6.07, 6.45) is 1.59. The lowest BCUT2D eigenvalue weighted by atomic mass is 10.1. The highest BCUT2D eigenvalue weighted by molar-refractivity contribution is 6.31. The van der Waals surface area contributed by atoms with Crippen molar-refractivity contribution < 1.29 is 15.0 Å². The van der Waals surface area contributed by atoms with Crippen LogP contribution >= 0.6 is 11.6 Å². The summed E-state index contributed by atoms with van der Waals surface area (Å²) in [7, 11) is 0. The molecule has 0 bridgehead atoms. The lowest BCUT2D eigenvalue weighted by Gasteiger charge is -2.13. The minimum Gasteiger partial charge on any atom is -0.506 e. The van der Waals surface area contributed by atoms with E-state index in [1.165, 1.54) is 10.6 Å². The van der Waals surface area contributed by atoms with Gasteiger partial charge in [0.25, 0.3) is 5.56 Å². The molecule has 0 unspecified atom stereocenters. The van der Waals surface area contributed by atoms with Crippen molar-refractivity contribution in [2.75, 3.05) is 0 Å². The molecule has 5 nitrogen and oxygen atoms in total. The van der Waals surface area contributed by atoms with E-state index < -0.39 is 22.8 Å². The molecule has 2 N–H and O–H groups in total. The number of carbonyl (C=O) groups is 1. The van der Waals surface area contributed by atoms with Crippen LogP contribution in [0.15, 0.2) is 23.0 Å². The molecule has 0 atom stereocenters. The topological polar surface area (TPSA) is 79.5 Å². The Morgan fingerprint density at radius 1 is 1.40 bits per heavy atom. The smallest absolute Gasteiger partial charge is 0.345 e. The molecule has 106 valence electrons. The van der Waals surface area contributed by atoms with Gasteiger partial charge in [0.1, 0.15) is 5.75 Å². The van der Waals surface area contributed by atoms with E-state index in [1.54, 1.807) is 12.1 Å². The zero-order valence-corrected chi connectivity index (χ0v) is 11.6. The van der Waals surface area contributed by atoms with Gasteiger partial charge in [-0.25, -0.2) is 4.79 Å². The molecular formula is C14H14ClNO4. The van der Waals surface area contributed by atoms with Crippen molar-refractivity contribution in [1.82, 2.24) is 4.57 Å². The summed E-state index contributed by atoms with van der Waals surface area (Å²) in [6, 6.07) is 4.62. The Morgan fingerprint density at radius 3 is 2.70 bits per heavy atom. The Morgan fingerprint density at radius 2 is 2.10 bits per heavy atom. The summed E-state index contributed by atoms with van der Waals surface area (Å²) in [5.74, 6) is -1.95. The third-order valence-corrected chi connectivity index (χ3v) is 3.39. The number of aromatic carboxylic acids is 1. The lowest BCUT2D eigenvalue weighted by Crippen LogP contribution is -2.27. The Kier molecular flexibility index (Phi) is 3.99. The average molecular weight is 296 g/mol. The van der Waals surface area contributed by atoms with E-state index >= 15 is 0 Å². The fourth-order valence-electron chi connectivity index (χ4n) is 2.14. The molecule has 0 amide bonds. The summed E-state index contributed by atoms with van der Waals surface area (Å²) in [6.45, 7) is 2.35. The van der Waals surface area contributed by atoms with Crippen molar-refractivity contribution in [3.63, 3.8) is 0 Å². The first-order valence-corrected chi connectivity index (χ1v) is 6.63. The number of halogens is 1. The van der Waals surface area contributed by atoms with E-state index in [0.29, 0.717) is 22.5 Å². The summed E-state index contributed by atoms with van der Waals surface area (Å²) in [5, 5.41) is 19.8. The maximum absolute atomic E-state index is 12.2. The molecular weight excluding hydrogens is 282 g/mol. The number of fused-ring (bicyclic) bond motifs is 1. The standard InChI is InChI=1S/C14H14ClNO4/c1-2-3-6-16-10-7-8(15)4-5-9(10)12(17)11(13(16)18)14(19)20/h4-5,7,17H,2-3,6H2,1H3,(H,19,20). The number of nitrogens with zero attached hydrogens (tertiary/aromatic N) is 1. The van der Waals surface area contributed by atoms with Crippen LogP contribution < -0.4 is 5.56 Å². The lowest BCUT2D eigenvalue weighted by molar-refractivity contribution is 0.0691. The van der Waals surface area contributed by atoms with Gasteiger partial charge in [-0.3, -0.25) is 4.79 Å². The molecule has 0 aliphatic heterocycles. The molecule has 0 saturated heterocycles. The van der Waals surface area contributed by atoms with Gasteiger partial charge >= 0.3 is 5.97 Å². The highest BCUT2D eigenvalue weighted by Gasteiger charge is 2.21. The number of carboxylic acid groups (broad SMARTS) is 1. The third-order valence-electron chi connectivity index (χ3n) is 3.15. The van der Waals surface area contributed by atoms with Crippen molar-refractivity contribution >= 4 is 28.5 Å². The Labute approximate surface area is 120 Å². The van der Waals surface area contributed by atoms with E-state index in [0.717, 1.165) is 12.8 Å². The van der Waals surface area contributed by atoms with Crippen LogP contribution in [0, 0.1) is 0 Å². The minimum absolute atomic E-state index is 0.308. The molecule has 1 heterocycles. The van der Waals surface area contributed by atoms with Gasteiger partial charge in [-0.05, 0) is 24.6 Å². The molecule has 20 heavy (non-hydrogen) atoms. The van der Waals surface area contributed by atoms with Gasteiger partial charge in [0.15, 0.2) is 5.56 Å². The van der Waals surface area contributed by atoms with Crippen molar-refractivity contribution in [3.8, 4) is 5.75 Å². The van der Waals surface area contributed by atoms with Crippen LogP contribution in [0.2, 0.25) is 5.02 Å². The number of aryl methyl sites for hydroxylation is 1. The Bertz CT molecular complexity index is 736. The van der Waals surface area contributed by atoms with Gasteiger partial charge < -0.3 is 14.8 Å². The van der Waals surface area contributed by atoms with Crippen molar-refractivity contribution in [2.24, 2.45) is 0 Å². The molecule has 2 aromatic rings. The van der Waals surface area contributed by atoms with Gasteiger partial charge in [-0.1, -0.05) is 24.9 Å². The molecule has 0 spiro atoms. The van der Waals surface area contributed by atoms with Crippen molar-refractivity contribution in [1.29, 1.82) is 0 Å². The van der Waals surface area contributed by atoms with E-state index in [9.17, 15) is 14.7 Å². The normalized spacial score (nSPS) is 10.9. The van der Waals surface area contributed by atoms with Gasteiger partial charge in [0.05, 0.1) is 5.52 Å². The summed E-state index contributed by atoms with van der Waals surface area (Å²) in [4.78, 5) is 23.4. The number of pyridine rings is 1. The monoisotopic (exact) mass is 295 g/mol. The highest BCUT2D eigenvalue weighted by atomic mass is 35.5. The SMILES string of the molecule is CCCCn1c(=O)c(C(=O)O)c(O)c2ccc(Cl)cc21. The van der Waals surface area contributed by atoms with Crippen LogP contribution in [-0.2, 0) is 6.54 Å². The van der Waals surface area contributed by atoms with Crippen LogP contribution in [0.5, 0.6) is 5.75 Å². The molecule has 1 aromatic carbocycles. The molecule has 1 aromatic heterocycles.